The molecule has 0 aliphatic rings. The predicted octanol–water partition coefficient (Wildman–Crippen LogP) is 8.17. The lowest BCUT2D eigenvalue weighted by Crippen LogP contribution is -2.56. The Kier molecular flexibility index (Phi) is 14.7. The van der Waals surface area contributed by atoms with E-state index in [2.05, 4.69) is 4.74 Å². The molecule has 0 aromatic rings. The molecule has 1 N–H and O–H groups in total. The third-order valence-electron chi connectivity index (χ3n) is 5.03. The lowest BCUT2D eigenvalue weighted by atomic mass is 10.0. The molecule has 256 valence electrons. The van der Waals surface area contributed by atoms with Gasteiger partial charge in [-0.2, -0.15) is 79.0 Å². The molecule has 0 fully saturated rings. The second-order valence-corrected chi connectivity index (χ2v) is 8.29. The first-order valence-corrected chi connectivity index (χ1v) is 10.7. The summed E-state index contributed by atoms with van der Waals surface area (Å²) in [5, 5.41) is 8.12. The Morgan fingerprint density at radius 1 is 0.381 bits per heavy atom. The first-order chi connectivity index (χ1) is 18.4. The van der Waals surface area contributed by atoms with Crippen LogP contribution in [-0.4, -0.2) is 98.3 Å². The zero-order valence-corrected chi connectivity index (χ0v) is 20.4. The second-order valence-electron chi connectivity index (χ2n) is 8.29. The number of rotatable bonds is 18. The molecular formula is C19H21F21O2. The number of hydrogen-bond donors (Lipinski definition) is 1. The maximum atomic E-state index is 13.1. The van der Waals surface area contributed by atoms with Crippen molar-refractivity contribution in [3.05, 3.63) is 0 Å². The van der Waals surface area contributed by atoms with Crippen molar-refractivity contribution in [2.45, 2.75) is 79.0 Å². The first-order valence-electron chi connectivity index (χ1n) is 10.7. The molecular weight excluding hydrogens is 659 g/mol. The van der Waals surface area contributed by atoms with Crippen LogP contribution in [0.15, 0.2) is 0 Å². The summed E-state index contributed by atoms with van der Waals surface area (Å²) < 4.78 is 267. The van der Waals surface area contributed by atoms with Crippen molar-refractivity contribution < 1.29 is 102 Å². The Balaban J connectivity index is 0. The van der Waals surface area contributed by atoms with E-state index in [0.29, 0.717) is 0 Å². The smallest absolute Gasteiger partial charge is 0.374 e. The van der Waals surface area contributed by atoms with Gasteiger partial charge < -0.3 is 9.84 Å². The van der Waals surface area contributed by atoms with Gasteiger partial charge in [0.1, 0.15) is 0 Å². The molecule has 42 heavy (non-hydrogen) atoms. The van der Waals surface area contributed by atoms with Crippen molar-refractivity contribution in [3.63, 3.8) is 0 Å². The van der Waals surface area contributed by atoms with Gasteiger partial charge in [-0.3, -0.25) is 0 Å². The van der Waals surface area contributed by atoms with Gasteiger partial charge in [-0.25, -0.2) is 13.2 Å². The molecule has 0 radical (unpaired) electrons. The molecule has 23 heteroatoms. The number of ether oxygens (including phenoxy) is 1. The second kappa shape index (κ2) is 14.5. The van der Waals surface area contributed by atoms with Crippen LogP contribution in [0.1, 0.15) is 25.7 Å². The molecule has 0 spiro atoms. The van der Waals surface area contributed by atoms with Crippen LogP contribution in [0.2, 0.25) is 0 Å². The van der Waals surface area contributed by atoms with Gasteiger partial charge in [0.05, 0.1) is 13.2 Å². The number of halogens is 21. The Labute approximate surface area is 222 Å². The van der Waals surface area contributed by atoms with E-state index in [0.717, 1.165) is 0 Å². The zero-order chi connectivity index (χ0) is 34.3. The van der Waals surface area contributed by atoms with E-state index in [9.17, 15) is 92.2 Å². The van der Waals surface area contributed by atoms with Crippen LogP contribution in [0.4, 0.5) is 92.2 Å². The SMILES string of the molecule is FCC(F)(F)C(F)(F)C(F)(F)CCOCCC(F)(F)C(F)(F)C(F)(F)CF.OCCCC(F)(F)C(F)(F)C(F)(F)CF. The van der Waals surface area contributed by atoms with E-state index in [1.165, 1.54) is 0 Å². The van der Waals surface area contributed by atoms with Gasteiger partial charge in [-0.1, -0.05) is 0 Å². The topological polar surface area (TPSA) is 29.5 Å². The molecule has 0 aliphatic carbocycles. The van der Waals surface area contributed by atoms with Crippen LogP contribution in [-0.2, 0) is 4.74 Å². The third-order valence-corrected chi connectivity index (χ3v) is 5.03. The largest absolute Gasteiger partial charge is 0.396 e. The van der Waals surface area contributed by atoms with Gasteiger partial charge in [0.15, 0.2) is 20.0 Å². The van der Waals surface area contributed by atoms with Crippen LogP contribution in [0, 0.1) is 0 Å². The summed E-state index contributed by atoms with van der Waals surface area (Å²) in [7, 11) is 0. The Morgan fingerprint density at radius 3 is 0.833 bits per heavy atom. The molecule has 0 saturated carbocycles. The van der Waals surface area contributed by atoms with Crippen LogP contribution in [0.5, 0.6) is 0 Å². The monoisotopic (exact) mass is 680 g/mol. The van der Waals surface area contributed by atoms with Crippen molar-refractivity contribution in [3.8, 4) is 0 Å². The van der Waals surface area contributed by atoms with Gasteiger partial charge in [-0.05, 0) is 6.42 Å². The summed E-state index contributed by atoms with van der Waals surface area (Å²) in [6, 6.07) is 0. The van der Waals surface area contributed by atoms with Gasteiger partial charge >= 0.3 is 53.3 Å². The minimum Gasteiger partial charge on any atom is -0.396 e. The molecule has 0 unspecified atom stereocenters. The summed E-state index contributed by atoms with van der Waals surface area (Å²) >= 11 is 0. The molecule has 0 rings (SSSR count). The molecule has 0 amide bonds. The van der Waals surface area contributed by atoms with Crippen molar-refractivity contribution in [2.24, 2.45) is 0 Å². The Hall–Kier alpha value is -1.55. The van der Waals surface area contributed by atoms with Gasteiger partial charge in [-0.15, -0.1) is 0 Å². The molecule has 0 aromatic carbocycles. The molecule has 0 bridgehead atoms. The van der Waals surface area contributed by atoms with Crippen LogP contribution >= 0.6 is 0 Å². The Bertz CT molecular complexity index is 756. The molecule has 0 atom stereocenters. The summed E-state index contributed by atoms with van der Waals surface area (Å²) in [5.74, 6) is -51.3. The third kappa shape index (κ3) is 9.23. The average molecular weight is 680 g/mol. The van der Waals surface area contributed by atoms with Crippen LogP contribution < -0.4 is 0 Å². The molecule has 0 saturated heterocycles. The fourth-order valence-corrected chi connectivity index (χ4v) is 2.33. The maximum absolute atomic E-state index is 13.1. The van der Waals surface area contributed by atoms with Gasteiger partial charge in [0, 0.05) is 25.9 Å². The lowest BCUT2D eigenvalue weighted by molar-refractivity contribution is -0.318. The minimum absolute atomic E-state index is 0.773. The quantitative estimate of drug-likeness (QED) is 0.117. The normalized spacial score (nSPS) is 15.0. The standard InChI is InChI=1S/C12H12F14O.C7H9F7O/c13-5-9(19,20)11(23,24)7(15,16)1-3-27-4-2-8(17,18)12(25,26)10(21,22)6-14;8-4-6(11,12)7(13,14)5(9,10)2-1-3-15/h1-6H2;15H,1-4H2. The number of hydrogen-bond acceptors (Lipinski definition) is 2. The summed E-state index contributed by atoms with van der Waals surface area (Å²) in [4.78, 5) is 0. The van der Waals surface area contributed by atoms with Crippen molar-refractivity contribution in [1.29, 1.82) is 0 Å². The van der Waals surface area contributed by atoms with E-state index in [1.807, 2.05) is 0 Å². The van der Waals surface area contributed by atoms with Crippen molar-refractivity contribution >= 4 is 0 Å². The first kappa shape index (κ1) is 42.6. The highest BCUT2D eigenvalue weighted by Gasteiger charge is 2.73. The number of aliphatic hydroxyl groups is 1. The van der Waals surface area contributed by atoms with E-state index in [-0.39, 0.29) is 0 Å². The number of alkyl halides is 21. The summed E-state index contributed by atoms with van der Waals surface area (Å²) in [6.07, 6.45) is -6.91. The van der Waals surface area contributed by atoms with Crippen molar-refractivity contribution in [2.75, 3.05) is 39.8 Å². The van der Waals surface area contributed by atoms with Gasteiger partial charge in [0.25, 0.3) is 0 Å². The summed E-state index contributed by atoms with van der Waals surface area (Å²) in [6.45, 7) is -13.3. The fraction of sp³-hybridized carbons (Fsp3) is 1.00. The summed E-state index contributed by atoms with van der Waals surface area (Å²) in [5.41, 5.74) is 0. The lowest BCUT2D eigenvalue weighted by Gasteiger charge is -2.32. The molecule has 2 nitrogen and oxygen atoms in total. The fourth-order valence-electron chi connectivity index (χ4n) is 2.33. The maximum Gasteiger partial charge on any atom is 0.374 e. The molecule has 0 aliphatic heterocycles. The highest BCUT2D eigenvalue weighted by atomic mass is 19.4. The van der Waals surface area contributed by atoms with E-state index >= 15 is 0 Å². The van der Waals surface area contributed by atoms with Crippen LogP contribution in [0.25, 0.3) is 0 Å². The highest BCUT2D eigenvalue weighted by Crippen LogP contribution is 2.50. The number of aliphatic hydroxyl groups excluding tert-OH is 1. The predicted molar refractivity (Wildman–Crippen MR) is 98.8 cm³/mol. The van der Waals surface area contributed by atoms with E-state index in [1.54, 1.807) is 0 Å². The Morgan fingerprint density at radius 2 is 0.619 bits per heavy atom. The van der Waals surface area contributed by atoms with E-state index in [4.69, 9.17) is 5.11 Å². The molecule has 0 aromatic heterocycles. The minimum atomic E-state index is -6.18. The van der Waals surface area contributed by atoms with Crippen LogP contribution in [0.3, 0.4) is 0 Å². The van der Waals surface area contributed by atoms with Crippen molar-refractivity contribution in [1.82, 2.24) is 0 Å². The average Bonchev–Trinajstić information content (AvgIpc) is 2.86. The molecule has 0 heterocycles. The van der Waals surface area contributed by atoms with Gasteiger partial charge in [0.2, 0.25) is 0 Å². The highest BCUT2D eigenvalue weighted by molar-refractivity contribution is 4.98. The zero-order valence-electron chi connectivity index (χ0n) is 20.4. The van der Waals surface area contributed by atoms with E-state index < -0.39 is 119 Å².